The van der Waals surface area contributed by atoms with Gasteiger partial charge in [-0.25, -0.2) is 0 Å². The topological polar surface area (TPSA) is 117 Å². The maximum atomic E-state index is 9.72. The third-order valence-corrected chi connectivity index (χ3v) is 4.91. The summed E-state index contributed by atoms with van der Waals surface area (Å²) < 4.78 is 1.59. The molecule has 0 aliphatic heterocycles. The molecule has 9 nitrogen and oxygen atoms in total. The van der Waals surface area contributed by atoms with Crippen LogP contribution in [-0.2, 0) is 0 Å². The van der Waals surface area contributed by atoms with E-state index in [-0.39, 0.29) is 0 Å². The molecule has 0 radical (unpaired) electrons. The summed E-state index contributed by atoms with van der Waals surface area (Å²) >= 11 is 0. The van der Waals surface area contributed by atoms with Gasteiger partial charge in [-0.05, 0) is 37.5 Å². The van der Waals surface area contributed by atoms with Crippen LogP contribution in [0.25, 0.3) is 17.0 Å². The molecule has 0 amide bonds. The van der Waals surface area contributed by atoms with Crippen LogP contribution in [0.4, 0.5) is 11.9 Å². The van der Waals surface area contributed by atoms with Crippen LogP contribution in [0.15, 0.2) is 18.2 Å². The fourth-order valence-electron chi connectivity index (χ4n) is 3.44. The van der Waals surface area contributed by atoms with Crippen molar-refractivity contribution in [3.05, 3.63) is 23.8 Å². The van der Waals surface area contributed by atoms with E-state index in [0.29, 0.717) is 17.8 Å². The Morgan fingerprint density at radius 3 is 2.63 bits per heavy atom. The number of benzene rings is 1. The van der Waals surface area contributed by atoms with E-state index in [0.717, 1.165) is 48.7 Å². The number of hydrogen-bond donors (Lipinski definition) is 2. The van der Waals surface area contributed by atoms with Gasteiger partial charge in [-0.1, -0.05) is 30.5 Å². The van der Waals surface area contributed by atoms with Crippen molar-refractivity contribution in [2.45, 2.75) is 44.6 Å². The first-order valence-electron chi connectivity index (χ1n) is 9.08. The van der Waals surface area contributed by atoms with Crippen molar-refractivity contribution >= 4 is 22.9 Å². The summed E-state index contributed by atoms with van der Waals surface area (Å²) in [6.45, 7) is 2.01. The first-order valence-corrected chi connectivity index (χ1v) is 9.08. The van der Waals surface area contributed by atoms with Crippen LogP contribution in [0.2, 0.25) is 0 Å². The number of fused-ring (bicyclic) bond motifs is 1. The van der Waals surface area contributed by atoms with E-state index in [4.69, 9.17) is 0 Å². The molecule has 27 heavy (non-hydrogen) atoms. The van der Waals surface area contributed by atoms with E-state index in [1.807, 2.05) is 25.1 Å². The third kappa shape index (κ3) is 3.26. The summed E-state index contributed by atoms with van der Waals surface area (Å²) in [5.74, 6) is 1.12. The standard InChI is InChI=1S/C18H21N9/c1-12-6-7-14-13(10-12)25-26-27(14)17-22-15(20-2)21-16(23-17)24-18(11-19)8-4-3-5-9-18/h6-7,10H,3-5,8-9H2,1-2H3,(H2,20,21,22,23,24). The number of aryl methyl sites for hydroxylation is 1. The molecule has 0 spiro atoms. The van der Waals surface area contributed by atoms with Crippen LogP contribution in [-0.4, -0.2) is 42.5 Å². The molecule has 1 aromatic carbocycles. The quantitative estimate of drug-likeness (QED) is 0.726. The molecular weight excluding hydrogens is 342 g/mol. The van der Waals surface area contributed by atoms with Gasteiger partial charge in [0.1, 0.15) is 11.1 Å². The number of nitrogens with zero attached hydrogens (tertiary/aromatic N) is 7. The predicted molar refractivity (Wildman–Crippen MR) is 102 cm³/mol. The smallest absolute Gasteiger partial charge is 0.259 e. The Morgan fingerprint density at radius 1 is 1.11 bits per heavy atom. The Hall–Kier alpha value is -3.28. The van der Waals surface area contributed by atoms with E-state index in [9.17, 15) is 5.26 Å². The highest BCUT2D eigenvalue weighted by molar-refractivity contribution is 5.76. The summed E-state index contributed by atoms with van der Waals surface area (Å²) in [6, 6.07) is 8.33. The second-order valence-electron chi connectivity index (χ2n) is 6.91. The van der Waals surface area contributed by atoms with Gasteiger partial charge in [0, 0.05) is 7.05 Å². The molecule has 2 N–H and O–H groups in total. The number of aromatic nitrogens is 6. The van der Waals surface area contributed by atoms with Crippen molar-refractivity contribution in [3.8, 4) is 12.0 Å². The minimum atomic E-state index is -0.635. The van der Waals surface area contributed by atoms with Crippen molar-refractivity contribution in [2.24, 2.45) is 0 Å². The van der Waals surface area contributed by atoms with Crippen LogP contribution >= 0.6 is 0 Å². The summed E-state index contributed by atoms with van der Waals surface area (Å²) in [4.78, 5) is 13.3. The highest BCUT2D eigenvalue weighted by Gasteiger charge is 2.33. The molecule has 1 aliphatic carbocycles. The maximum absolute atomic E-state index is 9.72. The molecule has 1 fully saturated rings. The van der Waals surface area contributed by atoms with Gasteiger partial charge < -0.3 is 10.6 Å². The SMILES string of the molecule is CNc1nc(NC2(C#N)CCCCC2)nc(-n2nnc3cc(C)ccc32)n1. The number of nitriles is 1. The lowest BCUT2D eigenvalue weighted by Gasteiger charge is -2.31. The van der Waals surface area contributed by atoms with E-state index in [1.165, 1.54) is 0 Å². The molecular formula is C18H21N9. The lowest BCUT2D eigenvalue weighted by Crippen LogP contribution is -2.39. The summed E-state index contributed by atoms with van der Waals surface area (Å²) in [6.07, 6.45) is 4.75. The molecule has 138 valence electrons. The molecule has 2 heterocycles. The van der Waals surface area contributed by atoms with E-state index in [2.05, 4.69) is 42.0 Å². The fourth-order valence-corrected chi connectivity index (χ4v) is 3.44. The van der Waals surface area contributed by atoms with Crippen LogP contribution in [0.3, 0.4) is 0 Å². The van der Waals surface area contributed by atoms with Gasteiger partial charge in [0.15, 0.2) is 0 Å². The maximum Gasteiger partial charge on any atom is 0.259 e. The van der Waals surface area contributed by atoms with Crippen LogP contribution in [0, 0.1) is 18.3 Å². The van der Waals surface area contributed by atoms with E-state index < -0.39 is 5.54 Å². The molecule has 9 heteroatoms. The molecule has 1 aliphatic rings. The van der Waals surface area contributed by atoms with E-state index >= 15 is 0 Å². The molecule has 2 aromatic heterocycles. The monoisotopic (exact) mass is 363 g/mol. The number of hydrogen-bond acceptors (Lipinski definition) is 8. The third-order valence-electron chi connectivity index (χ3n) is 4.91. The van der Waals surface area contributed by atoms with Gasteiger partial charge in [-0.15, -0.1) is 5.10 Å². The zero-order valence-electron chi connectivity index (χ0n) is 15.4. The van der Waals surface area contributed by atoms with Gasteiger partial charge in [0.05, 0.1) is 11.6 Å². The second-order valence-corrected chi connectivity index (χ2v) is 6.91. The predicted octanol–water partition coefficient (Wildman–Crippen LogP) is 2.59. The van der Waals surface area contributed by atoms with Crippen molar-refractivity contribution in [1.29, 1.82) is 5.26 Å². The van der Waals surface area contributed by atoms with Crippen LogP contribution in [0.5, 0.6) is 0 Å². The van der Waals surface area contributed by atoms with Crippen molar-refractivity contribution in [2.75, 3.05) is 17.7 Å². The number of rotatable bonds is 4. The Bertz CT molecular complexity index is 1010. The Balaban J connectivity index is 1.75. The summed E-state index contributed by atoms with van der Waals surface area (Å²) in [7, 11) is 1.74. The average Bonchev–Trinajstić information content (AvgIpc) is 3.11. The zero-order valence-corrected chi connectivity index (χ0v) is 15.4. The molecule has 0 saturated heterocycles. The zero-order chi connectivity index (χ0) is 18.9. The van der Waals surface area contributed by atoms with Crippen LogP contribution < -0.4 is 10.6 Å². The van der Waals surface area contributed by atoms with Crippen molar-refractivity contribution in [1.82, 2.24) is 29.9 Å². The van der Waals surface area contributed by atoms with Gasteiger partial charge >= 0.3 is 0 Å². The lowest BCUT2D eigenvalue weighted by atomic mass is 9.83. The second kappa shape index (κ2) is 6.79. The Labute approximate surface area is 156 Å². The highest BCUT2D eigenvalue weighted by atomic mass is 15.5. The summed E-state index contributed by atoms with van der Waals surface area (Å²) in [5, 5.41) is 24.3. The average molecular weight is 363 g/mol. The minimum absolute atomic E-state index is 0.354. The minimum Gasteiger partial charge on any atom is -0.357 e. The van der Waals surface area contributed by atoms with Gasteiger partial charge in [-0.3, -0.25) is 0 Å². The Morgan fingerprint density at radius 2 is 1.89 bits per heavy atom. The fraction of sp³-hybridized carbons (Fsp3) is 0.444. The Kier molecular flexibility index (Phi) is 4.32. The first kappa shape index (κ1) is 17.1. The number of nitrogens with one attached hydrogen (secondary N) is 2. The summed E-state index contributed by atoms with van der Waals surface area (Å²) in [5.41, 5.74) is 2.06. The van der Waals surface area contributed by atoms with Crippen molar-refractivity contribution < 1.29 is 0 Å². The normalized spacial score (nSPS) is 16.0. The molecule has 3 aromatic rings. The first-order chi connectivity index (χ1) is 13.1. The molecule has 0 bridgehead atoms. The highest BCUT2D eigenvalue weighted by Crippen LogP contribution is 2.30. The van der Waals surface area contributed by atoms with Gasteiger partial charge in [0.25, 0.3) is 5.95 Å². The molecule has 1 saturated carbocycles. The van der Waals surface area contributed by atoms with E-state index in [1.54, 1.807) is 11.7 Å². The molecule has 0 atom stereocenters. The van der Waals surface area contributed by atoms with Gasteiger partial charge in [-0.2, -0.15) is 24.9 Å². The lowest BCUT2D eigenvalue weighted by molar-refractivity contribution is 0.390. The van der Waals surface area contributed by atoms with Crippen LogP contribution in [0.1, 0.15) is 37.7 Å². The molecule has 4 rings (SSSR count). The largest absolute Gasteiger partial charge is 0.357 e. The van der Waals surface area contributed by atoms with Gasteiger partial charge in [0.2, 0.25) is 11.9 Å². The molecule has 0 unspecified atom stereocenters. The van der Waals surface area contributed by atoms with Crippen molar-refractivity contribution in [3.63, 3.8) is 0 Å². The number of anilines is 2.